The zero-order chi connectivity index (χ0) is 28.0. The molecule has 216 valence electrons. The Morgan fingerprint density at radius 1 is 1.20 bits per heavy atom. The summed E-state index contributed by atoms with van der Waals surface area (Å²) in [5.41, 5.74) is 0.705. The minimum Gasteiger partial charge on any atom is -0.379 e. The third kappa shape index (κ3) is 5.50. The molecule has 0 bridgehead atoms. The summed E-state index contributed by atoms with van der Waals surface area (Å²) in [6, 6.07) is 0. The highest BCUT2D eigenvalue weighted by molar-refractivity contribution is 7.50. The van der Waals surface area contributed by atoms with Crippen LogP contribution in [0.2, 0.25) is 0 Å². The molecule has 0 spiro atoms. The van der Waals surface area contributed by atoms with Crippen molar-refractivity contribution in [2.24, 2.45) is 10.2 Å². The molecule has 6 heterocycles. The number of nitrogens with one attached hydrogen (secondary N) is 1. The SMILES string of the molecule is C#CCCC1(CCNc2ncnc3c2ncn3C2OC(COP(=O)(O)N3CCOCC3)C3OC(C)(C)OC32)N=N1. The van der Waals surface area contributed by atoms with Crippen LogP contribution in [0, 0.1) is 12.3 Å². The summed E-state index contributed by atoms with van der Waals surface area (Å²) < 4.78 is 45.5. The molecule has 16 heteroatoms. The summed E-state index contributed by atoms with van der Waals surface area (Å²) in [5.74, 6) is 2.33. The Hall–Kier alpha value is -2.54. The quantitative estimate of drug-likeness (QED) is 0.296. The van der Waals surface area contributed by atoms with Crippen molar-refractivity contribution in [2.45, 2.75) is 69.1 Å². The highest BCUT2D eigenvalue weighted by Crippen LogP contribution is 2.49. The van der Waals surface area contributed by atoms with Crippen LogP contribution in [0.1, 0.15) is 39.3 Å². The summed E-state index contributed by atoms with van der Waals surface area (Å²) >= 11 is 0. The van der Waals surface area contributed by atoms with Gasteiger partial charge in [0.15, 0.2) is 34.7 Å². The molecule has 0 radical (unpaired) electrons. The zero-order valence-electron chi connectivity index (χ0n) is 22.4. The van der Waals surface area contributed by atoms with Gasteiger partial charge in [-0.15, -0.1) is 12.3 Å². The van der Waals surface area contributed by atoms with Gasteiger partial charge in [-0.2, -0.15) is 10.2 Å². The van der Waals surface area contributed by atoms with E-state index in [1.54, 1.807) is 10.9 Å². The van der Waals surface area contributed by atoms with Gasteiger partial charge in [-0.25, -0.2) is 24.2 Å². The van der Waals surface area contributed by atoms with Crippen molar-refractivity contribution in [3.8, 4) is 12.3 Å². The average Bonchev–Trinajstić information content (AvgIpc) is 3.27. The van der Waals surface area contributed by atoms with Gasteiger partial charge in [0.2, 0.25) is 0 Å². The number of terminal acetylenes is 1. The third-order valence-electron chi connectivity index (χ3n) is 7.38. The van der Waals surface area contributed by atoms with Gasteiger partial charge < -0.3 is 29.2 Å². The lowest BCUT2D eigenvalue weighted by molar-refractivity contribution is -0.199. The summed E-state index contributed by atoms with van der Waals surface area (Å²) in [6.07, 6.45) is 8.11. The van der Waals surface area contributed by atoms with Gasteiger partial charge in [0.25, 0.3) is 0 Å². The van der Waals surface area contributed by atoms with Crippen LogP contribution in [0.25, 0.3) is 11.2 Å². The van der Waals surface area contributed by atoms with Crippen LogP contribution in [0.4, 0.5) is 5.82 Å². The molecule has 4 aliphatic heterocycles. The second-order valence-corrected chi connectivity index (χ2v) is 12.4. The molecule has 6 rings (SSSR count). The minimum absolute atomic E-state index is 0.159. The smallest absolute Gasteiger partial charge is 0.379 e. The molecule has 0 saturated carbocycles. The molecule has 3 saturated heterocycles. The number of imidazole rings is 1. The molecule has 40 heavy (non-hydrogen) atoms. The Morgan fingerprint density at radius 3 is 2.73 bits per heavy atom. The van der Waals surface area contributed by atoms with E-state index >= 15 is 0 Å². The first-order chi connectivity index (χ1) is 19.2. The van der Waals surface area contributed by atoms with Crippen molar-refractivity contribution in [2.75, 3.05) is 44.8 Å². The van der Waals surface area contributed by atoms with Crippen LogP contribution in [-0.2, 0) is 28.0 Å². The van der Waals surface area contributed by atoms with E-state index in [0.717, 1.165) is 6.42 Å². The van der Waals surface area contributed by atoms with E-state index < -0.39 is 43.7 Å². The van der Waals surface area contributed by atoms with Crippen LogP contribution in [0.3, 0.4) is 0 Å². The Morgan fingerprint density at radius 2 is 1.98 bits per heavy atom. The molecule has 3 fully saturated rings. The normalized spacial score (nSPS) is 30.1. The summed E-state index contributed by atoms with van der Waals surface area (Å²) in [7, 11) is -4.03. The number of aromatic nitrogens is 4. The lowest BCUT2D eigenvalue weighted by atomic mass is 10.0. The molecular weight excluding hydrogens is 543 g/mol. The first-order valence-electron chi connectivity index (χ1n) is 13.3. The fourth-order valence-corrected chi connectivity index (χ4v) is 6.47. The second kappa shape index (κ2) is 10.7. The monoisotopic (exact) mass is 576 g/mol. The van der Waals surface area contributed by atoms with Gasteiger partial charge in [-0.05, 0) is 13.8 Å². The number of rotatable bonds is 11. The molecule has 2 N–H and O–H groups in total. The van der Waals surface area contributed by atoms with E-state index in [-0.39, 0.29) is 6.61 Å². The van der Waals surface area contributed by atoms with E-state index in [1.165, 1.54) is 11.0 Å². The van der Waals surface area contributed by atoms with Gasteiger partial charge >= 0.3 is 7.75 Å². The Kier molecular flexibility index (Phi) is 7.39. The van der Waals surface area contributed by atoms with Gasteiger partial charge in [0.1, 0.15) is 24.6 Å². The molecular formula is C24H33N8O7P. The topological polar surface area (TPSA) is 167 Å². The van der Waals surface area contributed by atoms with Crippen molar-refractivity contribution >= 4 is 24.7 Å². The van der Waals surface area contributed by atoms with Crippen LogP contribution >= 0.6 is 7.75 Å². The van der Waals surface area contributed by atoms with Crippen molar-refractivity contribution in [3.63, 3.8) is 0 Å². The van der Waals surface area contributed by atoms with Crippen molar-refractivity contribution in [3.05, 3.63) is 12.7 Å². The van der Waals surface area contributed by atoms with Crippen molar-refractivity contribution in [1.29, 1.82) is 0 Å². The maximum absolute atomic E-state index is 12.9. The average molecular weight is 577 g/mol. The largest absolute Gasteiger partial charge is 0.405 e. The zero-order valence-corrected chi connectivity index (χ0v) is 23.3. The number of morpholine rings is 1. The summed E-state index contributed by atoms with van der Waals surface area (Å²) in [5, 5.41) is 11.7. The summed E-state index contributed by atoms with van der Waals surface area (Å²) in [4.78, 5) is 23.9. The molecule has 15 nitrogen and oxygen atoms in total. The maximum Gasteiger partial charge on any atom is 0.405 e. The highest BCUT2D eigenvalue weighted by Gasteiger charge is 2.56. The number of nitrogens with zero attached hydrogens (tertiary/aromatic N) is 7. The predicted molar refractivity (Wildman–Crippen MR) is 140 cm³/mol. The number of hydrogen-bond donors (Lipinski definition) is 2. The lowest BCUT2D eigenvalue weighted by Crippen LogP contribution is -2.36. The van der Waals surface area contributed by atoms with E-state index in [0.29, 0.717) is 62.7 Å². The molecule has 4 aliphatic rings. The Labute approximate surface area is 231 Å². The molecule has 0 amide bonds. The van der Waals surface area contributed by atoms with Crippen LogP contribution in [0.15, 0.2) is 22.9 Å². The first kappa shape index (κ1) is 27.6. The standard InChI is InChI=1S/C24H33N8O7P/c1-4-5-6-24(29-30-24)7-8-25-20-17-21(27-14-26-20)32(15-28-17)22-19-18(38-23(2,3)39-19)16(37-22)13-36-40(33,34)31-9-11-35-12-10-31/h1,14-16,18-19,22H,5-13H2,2-3H3,(H,33,34)(H,25,26,27). The lowest BCUT2D eigenvalue weighted by Gasteiger charge is -2.30. The maximum atomic E-state index is 12.9. The first-order valence-corrected chi connectivity index (χ1v) is 14.8. The number of ether oxygens (including phenoxy) is 4. The number of fused-ring (bicyclic) bond motifs is 2. The fourth-order valence-electron chi connectivity index (χ4n) is 5.29. The van der Waals surface area contributed by atoms with Gasteiger partial charge in [-0.3, -0.25) is 9.09 Å². The molecule has 5 atom stereocenters. The van der Waals surface area contributed by atoms with E-state index in [4.69, 9.17) is 29.9 Å². The van der Waals surface area contributed by atoms with E-state index in [2.05, 4.69) is 36.4 Å². The molecule has 0 aliphatic carbocycles. The predicted octanol–water partition coefficient (Wildman–Crippen LogP) is 2.07. The molecule has 2 aromatic heterocycles. The van der Waals surface area contributed by atoms with Crippen molar-refractivity contribution < 1.29 is 32.9 Å². The second-order valence-electron chi connectivity index (χ2n) is 10.6. The van der Waals surface area contributed by atoms with Crippen molar-refractivity contribution in [1.82, 2.24) is 24.2 Å². The minimum atomic E-state index is -4.03. The Bertz CT molecular complexity index is 1350. The van der Waals surface area contributed by atoms with Crippen LogP contribution < -0.4 is 5.32 Å². The molecule has 2 aromatic rings. The fraction of sp³-hybridized carbons (Fsp3) is 0.708. The summed E-state index contributed by atoms with van der Waals surface area (Å²) in [6.45, 7) is 5.42. The number of hydrogen-bond acceptors (Lipinski definition) is 12. The van der Waals surface area contributed by atoms with Gasteiger partial charge in [-0.1, -0.05) is 0 Å². The van der Waals surface area contributed by atoms with Crippen LogP contribution in [-0.4, -0.2) is 98.3 Å². The van der Waals surface area contributed by atoms with Gasteiger partial charge in [0.05, 0.1) is 26.1 Å². The van der Waals surface area contributed by atoms with E-state index in [9.17, 15) is 9.46 Å². The molecule has 0 aromatic carbocycles. The van der Waals surface area contributed by atoms with Gasteiger partial charge in [0, 0.05) is 38.9 Å². The van der Waals surface area contributed by atoms with Crippen LogP contribution in [0.5, 0.6) is 0 Å². The number of anilines is 1. The highest BCUT2D eigenvalue weighted by atomic mass is 31.2. The Balaban J connectivity index is 1.16. The molecule has 5 unspecified atom stereocenters. The van der Waals surface area contributed by atoms with E-state index in [1.807, 2.05) is 13.8 Å². The third-order valence-corrected chi connectivity index (χ3v) is 8.98.